The Balaban J connectivity index is 0.00000109. The molecule has 1 amide bonds. The Bertz CT molecular complexity index is 910. The highest BCUT2D eigenvalue weighted by Crippen LogP contribution is 2.20. The van der Waals surface area contributed by atoms with Crippen molar-refractivity contribution in [3.05, 3.63) is 77.5 Å². The first kappa shape index (κ1) is 19.5. The minimum absolute atomic E-state index is 0.114. The summed E-state index contributed by atoms with van der Waals surface area (Å²) in [6, 6.07) is 11.2. The zero-order valence-electron chi connectivity index (χ0n) is 16.0. The van der Waals surface area contributed by atoms with Gasteiger partial charge >= 0.3 is 0 Å². The average molecular weight is 382 g/mol. The third kappa shape index (κ3) is 4.54. The van der Waals surface area contributed by atoms with Crippen molar-refractivity contribution in [2.45, 2.75) is 33.5 Å². The number of rotatable bonds is 4. The van der Waals surface area contributed by atoms with Crippen LogP contribution in [0.4, 0.5) is 4.39 Å². The normalized spacial score (nSPS) is 12.6. The second-order valence-electron chi connectivity index (χ2n) is 6.07. The zero-order chi connectivity index (χ0) is 19.9. The summed E-state index contributed by atoms with van der Waals surface area (Å²) in [4.78, 5) is 18.3. The molecule has 1 aliphatic rings. The van der Waals surface area contributed by atoms with Crippen molar-refractivity contribution >= 4 is 5.91 Å². The highest BCUT2D eigenvalue weighted by Gasteiger charge is 2.23. The molecule has 3 aromatic rings. The molecule has 0 bridgehead atoms. The van der Waals surface area contributed by atoms with Crippen LogP contribution in [0.25, 0.3) is 0 Å². The number of halogens is 1. The Morgan fingerprint density at radius 2 is 1.82 bits per heavy atom. The van der Waals surface area contributed by atoms with Gasteiger partial charge in [0.15, 0.2) is 0 Å². The predicted molar refractivity (Wildman–Crippen MR) is 103 cm³/mol. The van der Waals surface area contributed by atoms with Crippen LogP contribution in [0.3, 0.4) is 0 Å². The average Bonchev–Trinajstić information content (AvgIpc) is 3.17. The molecule has 0 aliphatic carbocycles. The lowest BCUT2D eigenvalue weighted by Crippen LogP contribution is -2.38. The van der Waals surface area contributed by atoms with Gasteiger partial charge in [0.2, 0.25) is 5.88 Å². The third-order valence-corrected chi connectivity index (χ3v) is 4.29. The van der Waals surface area contributed by atoms with E-state index in [1.807, 2.05) is 36.7 Å². The van der Waals surface area contributed by atoms with E-state index in [1.165, 1.54) is 24.3 Å². The second-order valence-corrected chi connectivity index (χ2v) is 6.07. The van der Waals surface area contributed by atoms with Crippen molar-refractivity contribution < 1.29 is 13.9 Å². The molecule has 0 unspecified atom stereocenters. The zero-order valence-corrected chi connectivity index (χ0v) is 16.0. The lowest BCUT2D eigenvalue weighted by atomic mass is 10.1. The van der Waals surface area contributed by atoms with E-state index in [1.54, 1.807) is 17.3 Å². The maximum absolute atomic E-state index is 13.0. The van der Waals surface area contributed by atoms with Gasteiger partial charge in [-0.3, -0.25) is 14.5 Å². The topological polar surface area (TPSA) is 60.2 Å². The van der Waals surface area contributed by atoms with E-state index >= 15 is 0 Å². The van der Waals surface area contributed by atoms with Gasteiger partial charge in [0.05, 0.1) is 18.8 Å². The lowest BCUT2D eigenvalue weighted by molar-refractivity contribution is 0.0706. The summed E-state index contributed by atoms with van der Waals surface area (Å²) in [6.07, 6.45) is 3.44. The molecular formula is C21H23FN4O2. The number of benzene rings is 1. The monoisotopic (exact) mass is 382 g/mol. The van der Waals surface area contributed by atoms with Crippen LogP contribution in [-0.4, -0.2) is 32.1 Å². The van der Waals surface area contributed by atoms with E-state index in [4.69, 9.17) is 4.74 Å². The van der Waals surface area contributed by atoms with Crippen LogP contribution in [0.1, 0.15) is 35.5 Å². The first-order valence-electron chi connectivity index (χ1n) is 9.32. The molecule has 6 nitrogen and oxygen atoms in total. The molecule has 1 aromatic carbocycles. The molecule has 28 heavy (non-hydrogen) atoms. The maximum Gasteiger partial charge on any atom is 0.254 e. The predicted octanol–water partition coefficient (Wildman–Crippen LogP) is 3.68. The number of carbonyl (C=O) groups is 1. The fourth-order valence-corrected chi connectivity index (χ4v) is 2.90. The molecule has 0 radical (unpaired) electrons. The van der Waals surface area contributed by atoms with Crippen molar-refractivity contribution in [3.63, 3.8) is 0 Å². The van der Waals surface area contributed by atoms with Crippen molar-refractivity contribution in [1.29, 1.82) is 0 Å². The summed E-state index contributed by atoms with van der Waals surface area (Å²) in [5.74, 6) is 0.0684. The smallest absolute Gasteiger partial charge is 0.254 e. The summed E-state index contributed by atoms with van der Waals surface area (Å²) >= 11 is 0. The molecule has 0 saturated carbocycles. The first-order valence-corrected chi connectivity index (χ1v) is 9.32. The van der Waals surface area contributed by atoms with E-state index in [0.29, 0.717) is 37.7 Å². The SMILES string of the molecule is CC.O=C(c1ccc(F)cc1)N1CCn2nc(OCc3ccncc3)cc2C1. The van der Waals surface area contributed by atoms with E-state index in [-0.39, 0.29) is 11.7 Å². The van der Waals surface area contributed by atoms with Crippen LogP contribution >= 0.6 is 0 Å². The van der Waals surface area contributed by atoms with Crippen LogP contribution in [0.5, 0.6) is 5.88 Å². The van der Waals surface area contributed by atoms with Gasteiger partial charge in [0, 0.05) is 30.6 Å². The van der Waals surface area contributed by atoms with E-state index in [0.717, 1.165) is 11.3 Å². The third-order valence-electron chi connectivity index (χ3n) is 4.29. The van der Waals surface area contributed by atoms with Crippen molar-refractivity contribution in [1.82, 2.24) is 19.7 Å². The molecule has 4 rings (SSSR count). The fraction of sp³-hybridized carbons (Fsp3) is 0.286. The number of hydrogen-bond donors (Lipinski definition) is 0. The number of carbonyl (C=O) groups excluding carboxylic acids is 1. The van der Waals surface area contributed by atoms with Gasteiger partial charge < -0.3 is 9.64 Å². The number of aromatic nitrogens is 3. The van der Waals surface area contributed by atoms with E-state index in [2.05, 4.69) is 10.1 Å². The van der Waals surface area contributed by atoms with Crippen LogP contribution < -0.4 is 4.74 Å². The summed E-state index contributed by atoms with van der Waals surface area (Å²) < 4.78 is 20.6. The summed E-state index contributed by atoms with van der Waals surface area (Å²) in [6.45, 7) is 6.01. The molecule has 7 heteroatoms. The highest BCUT2D eigenvalue weighted by atomic mass is 19.1. The number of fused-ring (bicyclic) bond motifs is 1. The van der Waals surface area contributed by atoms with E-state index < -0.39 is 0 Å². The minimum atomic E-state index is -0.353. The van der Waals surface area contributed by atoms with Gasteiger partial charge in [-0.05, 0) is 42.0 Å². The lowest BCUT2D eigenvalue weighted by Gasteiger charge is -2.27. The Morgan fingerprint density at radius 1 is 1.11 bits per heavy atom. The summed E-state index contributed by atoms with van der Waals surface area (Å²) in [5.41, 5.74) is 2.41. The molecule has 0 spiro atoms. The van der Waals surface area contributed by atoms with Crippen LogP contribution in [0, 0.1) is 5.82 Å². The first-order chi connectivity index (χ1) is 13.7. The Labute approximate surface area is 163 Å². The number of pyridine rings is 1. The van der Waals surface area contributed by atoms with Crippen molar-refractivity contribution in [2.75, 3.05) is 6.54 Å². The fourth-order valence-electron chi connectivity index (χ4n) is 2.90. The van der Waals surface area contributed by atoms with Gasteiger partial charge in [-0.15, -0.1) is 5.10 Å². The van der Waals surface area contributed by atoms with Gasteiger partial charge in [-0.2, -0.15) is 0 Å². The summed E-state index contributed by atoms with van der Waals surface area (Å²) in [7, 11) is 0. The number of hydrogen-bond acceptors (Lipinski definition) is 4. The largest absolute Gasteiger partial charge is 0.472 e. The minimum Gasteiger partial charge on any atom is -0.472 e. The molecule has 0 fully saturated rings. The van der Waals surface area contributed by atoms with Gasteiger partial charge in [0.1, 0.15) is 12.4 Å². The summed E-state index contributed by atoms with van der Waals surface area (Å²) in [5, 5.41) is 4.44. The van der Waals surface area contributed by atoms with Gasteiger partial charge in [-0.1, -0.05) is 13.8 Å². The molecule has 3 heterocycles. The van der Waals surface area contributed by atoms with Gasteiger partial charge in [-0.25, -0.2) is 4.39 Å². The van der Waals surface area contributed by atoms with Crippen LogP contribution in [0.2, 0.25) is 0 Å². The Kier molecular flexibility index (Phi) is 6.37. The molecule has 0 N–H and O–H groups in total. The van der Waals surface area contributed by atoms with Crippen LogP contribution in [0.15, 0.2) is 54.9 Å². The molecule has 0 saturated heterocycles. The number of amides is 1. The standard InChI is InChI=1S/C19H17FN4O2.C2H6/c20-16-3-1-15(2-4-16)19(25)23-9-10-24-17(12-23)11-18(22-24)26-13-14-5-7-21-8-6-14;1-2/h1-8,11H,9-10,12-13H2;1-2H3. The van der Waals surface area contributed by atoms with Gasteiger partial charge in [0.25, 0.3) is 5.91 Å². The highest BCUT2D eigenvalue weighted by molar-refractivity contribution is 5.94. The second kappa shape index (κ2) is 9.12. The quantitative estimate of drug-likeness (QED) is 0.691. The van der Waals surface area contributed by atoms with Crippen LogP contribution in [-0.2, 0) is 19.7 Å². The van der Waals surface area contributed by atoms with E-state index in [9.17, 15) is 9.18 Å². The molecular weight excluding hydrogens is 359 g/mol. The van der Waals surface area contributed by atoms with Crippen molar-refractivity contribution in [2.24, 2.45) is 0 Å². The number of ether oxygens (including phenoxy) is 1. The Hall–Kier alpha value is -3.22. The maximum atomic E-state index is 13.0. The Morgan fingerprint density at radius 3 is 2.54 bits per heavy atom. The molecule has 146 valence electrons. The molecule has 2 aromatic heterocycles. The molecule has 1 aliphatic heterocycles. The van der Waals surface area contributed by atoms with Crippen molar-refractivity contribution in [3.8, 4) is 5.88 Å². The molecule has 0 atom stereocenters. The number of nitrogens with zero attached hydrogens (tertiary/aromatic N) is 4.